The lowest BCUT2D eigenvalue weighted by Crippen LogP contribution is -2.07. The third-order valence-corrected chi connectivity index (χ3v) is 4.90. The van der Waals surface area contributed by atoms with Gasteiger partial charge in [0.15, 0.2) is 0 Å². The number of halogens is 1. The molecule has 2 aromatic carbocycles. The first-order chi connectivity index (χ1) is 9.65. The third-order valence-electron chi connectivity index (χ3n) is 3.78. The number of nitrogens with two attached hydrogens (primary N) is 1. The molecule has 0 unspecified atom stereocenters. The van der Waals surface area contributed by atoms with Gasteiger partial charge in [0.25, 0.3) is 0 Å². The van der Waals surface area contributed by atoms with Gasteiger partial charge in [0.1, 0.15) is 5.82 Å². The lowest BCUT2D eigenvalue weighted by molar-refractivity contribution is 0.591. The SMILES string of the molecule is C[C@@H](N)c1cccc(F)c1Sc1ccc2c(c1)CCC2. The Balaban J connectivity index is 1.95. The molecule has 20 heavy (non-hydrogen) atoms. The molecule has 0 saturated heterocycles. The Bertz CT molecular complexity index is 637. The van der Waals surface area contributed by atoms with E-state index in [2.05, 4.69) is 18.2 Å². The van der Waals surface area contributed by atoms with E-state index in [0.29, 0.717) is 4.90 Å². The van der Waals surface area contributed by atoms with Crippen molar-refractivity contribution in [2.45, 2.75) is 42.0 Å². The van der Waals surface area contributed by atoms with Crippen LogP contribution in [-0.4, -0.2) is 0 Å². The van der Waals surface area contributed by atoms with Gasteiger partial charge in [-0.05, 0) is 61.1 Å². The zero-order valence-electron chi connectivity index (χ0n) is 11.5. The summed E-state index contributed by atoms with van der Waals surface area (Å²) in [7, 11) is 0. The fourth-order valence-corrected chi connectivity index (χ4v) is 3.83. The molecule has 2 aromatic rings. The highest BCUT2D eigenvalue weighted by molar-refractivity contribution is 7.99. The van der Waals surface area contributed by atoms with E-state index in [9.17, 15) is 4.39 Å². The molecule has 0 heterocycles. The van der Waals surface area contributed by atoms with E-state index >= 15 is 0 Å². The van der Waals surface area contributed by atoms with Crippen LogP contribution in [0.25, 0.3) is 0 Å². The predicted octanol–water partition coefficient (Wildman–Crippen LogP) is 4.49. The molecule has 0 aliphatic heterocycles. The van der Waals surface area contributed by atoms with Crippen LogP contribution in [0.3, 0.4) is 0 Å². The van der Waals surface area contributed by atoms with Gasteiger partial charge in [-0.1, -0.05) is 30.0 Å². The molecule has 2 N–H and O–H groups in total. The number of benzene rings is 2. The van der Waals surface area contributed by atoms with Crippen molar-refractivity contribution < 1.29 is 4.39 Å². The summed E-state index contributed by atoms with van der Waals surface area (Å²) in [5, 5.41) is 0. The van der Waals surface area contributed by atoms with Crippen LogP contribution in [0.4, 0.5) is 4.39 Å². The van der Waals surface area contributed by atoms with Crippen molar-refractivity contribution in [3.8, 4) is 0 Å². The molecule has 104 valence electrons. The summed E-state index contributed by atoms with van der Waals surface area (Å²) in [4.78, 5) is 1.75. The van der Waals surface area contributed by atoms with Crippen LogP contribution in [-0.2, 0) is 12.8 Å². The lowest BCUT2D eigenvalue weighted by atomic mass is 10.1. The molecule has 3 heteroatoms. The van der Waals surface area contributed by atoms with Crippen molar-refractivity contribution in [3.05, 3.63) is 58.9 Å². The van der Waals surface area contributed by atoms with Crippen LogP contribution in [0.2, 0.25) is 0 Å². The van der Waals surface area contributed by atoms with Crippen LogP contribution < -0.4 is 5.73 Å². The Labute approximate surface area is 123 Å². The molecule has 1 aliphatic rings. The molecule has 1 nitrogen and oxygen atoms in total. The highest BCUT2D eigenvalue weighted by Crippen LogP contribution is 2.36. The molecule has 0 spiro atoms. The summed E-state index contributed by atoms with van der Waals surface area (Å²) < 4.78 is 14.1. The second-order valence-electron chi connectivity index (χ2n) is 5.33. The summed E-state index contributed by atoms with van der Waals surface area (Å²) in [6, 6.07) is 11.4. The normalized spacial score (nSPS) is 15.2. The maximum Gasteiger partial charge on any atom is 0.137 e. The van der Waals surface area contributed by atoms with E-state index in [1.165, 1.54) is 41.8 Å². The first kappa shape index (κ1) is 13.7. The van der Waals surface area contributed by atoms with E-state index in [4.69, 9.17) is 5.73 Å². The molecule has 0 amide bonds. The molecular weight excluding hydrogens is 269 g/mol. The molecular formula is C17H18FNS. The van der Waals surface area contributed by atoms with Crippen LogP contribution in [0.15, 0.2) is 46.2 Å². The number of hydrogen-bond donors (Lipinski definition) is 1. The van der Waals surface area contributed by atoms with E-state index < -0.39 is 0 Å². The number of aryl methyl sites for hydroxylation is 2. The van der Waals surface area contributed by atoms with Crippen molar-refractivity contribution in [1.82, 2.24) is 0 Å². The van der Waals surface area contributed by atoms with Gasteiger partial charge in [-0.3, -0.25) is 0 Å². The fraction of sp³-hybridized carbons (Fsp3) is 0.294. The van der Waals surface area contributed by atoms with Gasteiger partial charge in [0.2, 0.25) is 0 Å². The van der Waals surface area contributed by atoms with Crippen molar-refractivity contribution in [2.24, 2.45) is 5.73 Å². The standard InChI is InChI=1S/C17H18FNS/c1-11(19)15-6-3-7-16(18)17(15)20-14-9-8-12-4-2-5-13(12)10-14/h3,6-11H,2,4-5,19H2,1H3/t11-/m1/s1. The summed E-state index contributed by atoms with van der Waals surface area (Å²) in [5.74, 6) is -0.190. The Morgan fingerprint density at radius 3 is 2.75 bits per heavy atom. The fourth-order valence-electron chi connectivity index (χ4n) is 2.72. The topological polar surface area (TPSA) is 26.0 Å². The molecule has 3 rings (SSSR count). The Morgan fingerprint density at radius 1 is 1.15 bits per heavy atom. The first-order valence-electron chi connectivity index (χ1n) is 6.99. The monoisotopic (exact) mass is 287 g/mol. The summed E-state index contributed by atoms with van der Waals surface area (Å²) in [6.07, 6.45) is 3.54. The molecule has 0 aromatic heterocycles. The maximum atomic E-state index is 14.1. The van der Waals surface area contributed by atoms with Gasteiger partial charge in [0, 0.05) is 10.9 Å². The average molecular weight is 287 g/mol. The molecule has 1 aliphatic carbocycles. The predicted molar refractivity (Wildman–Crippen MR) is 81.6 cm³/mol. The van der Waals surface area contributed by atoms with Gasteiger partial charge in [-0.25, -0.2) is 4.39 Å². The molecule has 0 saturated carbocycles. The highest BCUT2D eigenvalue weighted by Gasteiger charge is 2.15. The zero-order chi connectivity index (χ0) is 14.1. The first-order valence-corrected chi connectivity index (χ1v) is 7.80. The minimum absolute atomic E-state index is 0.164. The second-order valence-corrected chi connectivity index (χ2v) is 6.42. The van der Waals surface area contributed by atoms with Crippen LogP contribution in [0.5, 0.6) is 0 Å². The van der Waals surface area contributed by atoms with Crippen LogP contribution in [0, 0.1) is 5.82 Å². The van der Waals surface area contributed by atoms with E-state index in [1.807, 2.05) is 13.0 Å². The van der Waals surface area contributed by atoms with Gasteiger partial charge in [0.05, 0.1) is 4.90 Å². The molecule has 1 atom stereocenters. The molecule has 0 fully saturated rings. The summed E-state index contributed by atoms with van der Waals surface area (Å²) in [6.45, 7) is 1.89. The van der Waals surface area contributed by atoms with Gasteiger partial charge in [-0.2, -0.15) is 0 Å². The van der Waals surface area contributed by atoms with E-state index in [-0.39, 0.29) is 11.9 Å². The van der Waals surface area contributed by atoms with Crippen molar-refractivity contribution in [3.63, 3.8) is 0 Å². The van der Waals surface area contributed by atoms with Crippen LogP contribution in [0.1, 0.15) is 36.1 Å². The van der Waals surface area contributed by atoms with Gasteiger partial charge in [-0.15, -0.1) is 0 Å². The van der Waals surface area contributed by atoms with E-state index in [1.54, 1.807) is 6.07 Å². The largest absolute Gasteiger partial charge is 0.324 e. The average Bonchev–Trinajstić information content (AvgIpc) is 2.88. The smallest absolute Gasteiger partial charge is 0.137 e. The Morgan fingerprint density at radius 2 is 1.95 bits per heavy atom. The maximum absolute atomic E-state index is 14.1. The quantitative estimate of drug-likeness (QED) is 0.900. The lowest BCUT2D eigenvalue weighted by Gasteiger charge is -2.13. The molecule has 0 radical (unpaired) electrons. The van der Waals surface area contributed by atoms with Crippen molar-refractivity contribution in [2.75, 3.05) is 0 Å². The highest BCUT2D eigenvalue weighted by atomic mass is 32.2. The third kappa shape index (κ3) is 2.60. The minimum Gasteiger partial charge on any atom is -0.324 e. The number of rotatable bonds is 3. The van der Waals surface area contributed by atoms with Crippen LogP contribution >= 0.6 is 11.8 Å². The zero-order valence-corrected chi connectivity index (χ0v) is 12.3. The number of hydrogen-bond acceptors (Lipinski definition) is 2. The summed E-state index contributed by atoms with van der Waals surface area (Å²) >= 11 is 1.48. The van der Waals surface area contributed by atoms with E-state index in [0.717, 1.165) is 16.9 Å². The van der Waals surface area contributed by atoms with Gasteiger partial charge >= 0.3 is 0 Å². The molecule has 0 bridgehead atoms. The number of fused-ring (bicyclic) bond motifs is 1. The summed E-state index contributed by atoms with van der Waals surface area (Å²) in [5.41, 5.74) is 9.67. The Kier molecular flexibility index (Phi) is 3.81. The van der Waals surface area contributed by atoms with Crippen molar-refractivity contribution >= 4 is 11.8 Å². The van der Waals surface area contributed by atoms with Crippen molar-refractivity contribution in [1.29, 1.82) is 0 Å². The second kappa shape index (κ2) is 5.58. The minimum atomic E-state index is -0.190. The Hall–Kier alpha value is -1.32. The van der Waals surface area contributed by atoms with Gasteiger partial charge < -0.3 is 5.73 Å².